The Morgan fingerprint density at radius 3 is 1.00 bits per heavy atom. The van der Waals surface area contributed by atoms with E-state index in [4.69, 9.17) is 18.9 Å². The molecule has 2 atom stereocenters. The van der Waals surface area contributed by atoms with Gasteiger partial charge < -0.3 is 28.5 Å². The molecule has 0 rings (SSSR count). The van der Waals surface area contributed by atoms with Crippen LogP contribution in [0.5, 0.6) is 0 Å². The van der Waals surface area contributed by atoms with Gasteiger partial charge in [0.1, 0.15) is 13.2 Å². The number of likely N-dealkylation sites (N-methyl/N-ethyl adjacent to an activating group) is 1. The molecule has 9 heteroatoms. The quantitative estimate of drug-likeness (QED) is 0.0211. The molecule has 0 aliphatic rings. The maximum absolute atomic E-state index is 12.9. The molecule has 2 unspecified atom stereocenters. The first-order chi connectivity index (χ1) is 40.6. The first kappa shape index (κ1) is 78.2. The number of nitrogens with zero attached hydrogens (tertiary/aromatic N) is 1. The lowest BCUT2D eigenvalue weighted by atomic mass is 10.0. The van der Waals surface area contributed by atoms with Gasteiger partial charge in [-0.1, -0.05) is 269 Å². The summed E-state index contributed by atoms with van der Waals surface area (Å²) >= 11 is 0. The molecule has 0 fully saturated rings. The van der Waals surface area contributed by atoms with Gasteiger partial charge in [0.05, 0.1) is 34.4 Å². The predicted octanol–water partition coefficient (Wildman–Crippen LogP) is 20.3. The molecule has 9 nitrogen and oxygen atoms in total. The van der Waals surface area contributed by atoms with Gasteiger partial charge in [0.2, 0.25) is 0 Å². The fourth-order valence-electron chi connectivity index (χ4n) is 8.62. The van der Waals surface area contributed by atoms with Crippen LogP contribution in [0.3, 0.4) is 0 Å². The van der Waals surface area contributed by atoms with Crippen molar-refractivity contribution in [2.75, 3.05) is 47.5 Å². The van der Waals surface area contributed by atoms with E-state index >= 15 is 0 Å². The SMILES string of the molecule is CC/C=C\C/C=C\C/C=C\C/C=C\C/C=C\C/C=C\C/C=C\CCCC(=O)OC(COC(=O)CCCCCCCCCCCCCCCCCCCCC/C=C\C/C=C\C/C=C\C/C=C\C/C=C\CC)COC(OCC[N+](C)(C)C)C(=O)O. The molecule has 83 heavy (non-hydrogen) atoms. The Bertz CT molecular complexity index is 1870. The van der Waals surface area contributed by atoms with E-state index in [-0.39, 0.29) is 38.6 Å². The lowest BCUT2D eigenvalue weighted by molar-refractivity contribution is -0.870. The molecule has 0 aromatic carbocycles. The highest BCUT2D eigenvalue weighted by Crippen LogP contribution is 2.16. The predicted molar refractivity (Wildman–Crippen MR) is 354 cm³/mol. The van der Waals surface area contributed by atoms with Gasteiger partial charge in [-0.25, -0.2) is 4.79 Å². The second-order valence-electron chi connectivity index (χ2n) is 22.7. The van der Waals surface area contributed by atoms with Crippen LogP contribution in [0.4, 0.5) is 0 Å². The fraction of sp³-hybridized carbons (Fsp3) is 0.635. The zero-order chi connectivity index (χ0) is 60.5. The van der Waals surface area contributed by atoms with Crippen molar-refractivity contribution in [3.8, 4) is 0 Å². The average Bonchev–Trinajstić information content (AvgIpc) is 3.46. The number of carbonyl (C=O) groups excluding carboxylic acids is 2. The molecule has 0 heterocycles. The van der Waals surface area contributed by atoms with Crippen LogP contribution >= 0.6 is 0 Å². The highest BCUT2D eigenvalue weighted by Gasteiger charge is 2.25. The minimum absolute atomic E-state index is 0.170. The Hall–Kier alpha value is -4.83. The van der Waals surface area contributed by atoms with E-state index in [1.54, 1.807) is 0 Å². The largest absolute Gasteiger partial charge is 0.477 e. The molecule has 0 aliphatic heterocycles. The molecule has 0 spiro atoms. The van der Waals surface area contributed by atoms with Gasteiger partial charge in [-0.2, -0.15) is 0 Å². The van der Waals surface area contributed by atoms with Crippen molar-refractivity contribution in [2.45, 2.75) is 257 Å². The van der Waals surface area contributed by atoms with Crippen LogP contribution in [0.2, 0.25) is 0 Å². The van der Waals surface area contributed by atoms with Gasteiger partial charge in [0.25, 0.3) is 6.29 Å². The van der Waals surface area contributed by atoms with E-state index in [0.29, 0.717) is 23.9 Å². The second-order valence-corrected chi connectivity index (χ2v) is 22.7. The Morgan fingerprint density at radius 1 is 0.361 bits per heavy atom. The number of hydrogen-bond donors (Lipinski definition) is 1. The summed E-state index contributed by atoms with van der Waals surface area (Å²) in [6.45, 7) is 4.58. The molecule has 470 valence electrons. The lowest BCUT2D eigenvalue weighted by Gasteiger charge is -2.25. The number of ether oxygens (including phenoxy) is 4. The van der Waals surface area contributed by atoms with E-state index in [2.05, 4.69) is 160 Å². The maximum Gasteiger partial charge on any atom is 0.361 e. The zero-order valence-corrected chi connectivity index (χ0v) is 53.5. The number of carboxylic acid groups (broad SMARTS) is 1. The molecule has 0 aromatic rings. The number of carboxylic acids is 1. The molecular weight excluding hydrogens is 1030 g/mol. The Morgan fingerprint density at radius 2 is 0.663 bits per heavy atom. The van der Waals surface area contributed by atoms with Crippen molar-refractivity contribution < 1.29 is 42.9 Å². The van der Waals surface area contributed by atoms with Gasteiger partial charge in [-0.3, -0.25) is 9.59 Å². The lowest BCUT2D eigenvalue weighted by Crippen LogP contribution is -2.40. The molecule has 0 saturated carbocycles. The number of aliphatic carboxylic acids is 1. The third-order valence-corrected chi connectivity index (χ3v) is 13.6. The summed E-state index contributed by atoms with van der Waals surface area (Å²) in [4.78, 5) is 37.5. The Kier molecular flexibility index (Phi) is 59.5. The topological polar surface area (TPSA) is 108 Å². The second kappa shape index (κ2) is 63.2. The summed E-state index contributed by atoms with van der Waals surface area (Å²) in [6, 6.07) is 0. The maximum atomic E-state index is 12.9. The van der Waals surface area contributed by atoms with Crippen molar-refractivity contribution in [1.29, 1.82) is 0 Å². The van der Waals surface area contributed by atoms with Crippen LogP contribution in [0.1, 0.15) is 245 Å². The molecule has 0 aromatic heterocycles. The summed E-state index contributed by atoms with van der Waals surface area (Å²) in [5.41, 5.74) is 0. The average molecular weight is 1150 g/mol. The van der Waals surface area contributed by atoms with Crippen LogP contribution in [0.25, 0.3) is 0 Å². The van der Waals surface area contributed by atoms with Crippen LogP contribution in [-0.4, -0.2) is 87.4 Å². The molecule has 0 aliphatic carbocycles. The number of esters is 2. The first-order valence-electron chi connectivity index (χ1n) is 33.0. The number of quaternary nitrogens is 1. The van der Waals surface area contributed by atoms with Crippen LogP contribution in [0, 0.1) is 0 Å². The summed E-state index contributed by atoms with van der Waals surface area (Å²) in [7, 11) is 5.95. The fourth-order valence-corrected chi connectivity index (χ4v) is 8.62. The highest BCUT2D eigenvalue weighted by atomic mass is 16.7. The smallest absolute Gasteiger partial charge is 0.361 e. The summed E-state index contributed by atoms with van der Waals surface area (Å²) in [6.07, 6.45) is 89.6. The molecule has 0 saturated heterocycles. The normalized spacial score (nSPS) is 13.7. The van der Waals surface area contributed by atoms with E-state index in [9.17, 15) is 19.5 Å². The Labute approximate surface area is 509 Å². The van der Waals surface area contributed by atoms with Crippen LogP contribution < -0.4 is 0 Å². The third-order valence-electron chi connectivity index (χ3n) is 13.6. The standard InChI is InChI=1S/C74H121NO8/c1-6-8-10-12-14-16-18-20-22-24-26-28-30-31-32-33-34-35-36-37-38-39-40-41-43-44-46-48-50-52-54-56-58-60-62-64-71(76)81-68-70(69-82-74(73(78)79)80-67-66-75(3,4)5)83-72(77)65-63-61-59-57-55-53-51-49-47-45-42-29-27-25-23-21-19-17-15-13-11-9-7-2/h8-11,14-17,20-23,26-29,31-32,45,47,51,53,57,59,70,74H,6-7,12-13,18-19,24-25,30,33-44,46,48-50,52,54-56,58,60-69H2,1-5H3/p+1/b10-8-,11-9-,16-14-,17-15-,22-20-,23-21-,28-26-,29-27-,32-31-,47-45-,53-51-,59-57-. The molecule has 0 radical (unpaired) electrons. The van der Waals surface area contributed by atoms with E-state index in [1.165, 1.54) is 109 Å². The third kappa shape index (κ3) is 64.6. The summed E-state index contributed by atoms with van der Waals surface area (Å²) in [5, 5.41) is 9.72. The van der Waals surface area contributed by atoms with Crippen molar-refractivity contribution in [1.82, 2.24) is 0 Å². The molecule has 0 bridgehead atoms. The van der Waals surface area contributed by atoms with Crippen LogP contribution in [0.15, 0.2) is 146 Å². The van der Waals surface area contributed by atoms with Gasteiger partial charge in [-0.05, 0) is 109 Å². The summed E-state index contributed by atoms with van der Waals surface area (Å²) in [5.74, 6) is -2.09. The zero-order valence-electron chi connectivity index (χ0n) is 53.5. The Balaban J connectivity index is 4.18. The molecular formula is C74H122NO8+. The first-order valence-corrected chi connectivity index (χ1v) is 33.0. The van der Waals surface area contributed by atoms with Crippen molar-refractivity contribution >= 4 is 17.9 Å². The highest BCUT2D eigenvalue weighted by molar-refractivity contribution is 5.71. The van der Waals surface area contributed by atoms with Crippen LogP contribution in [-0.2, 0) is 33.3 Å². The molecule has 0 amide bonds. The number of allylic oxidation sites excluding steroid dienone is 24. The summed E-state index contributed by atoms with van der Waals surface area (Å²) < 4.78 is 22.9. The minimum Gasteiger partial charge on any atom is -0.477 e. The number of unbranched alkanes of at least 4 members (excludes halogenated alkanes) is 20. The van der Waals surface area contributed by atoms with E-state index in [0.717, 1.165) is 96.3 Å². The monoisotopic (exact) mass is 1150 g/mol. The van der Waals surface area contributed by atoms with Gasteiger partial charge in [0, 0.05) is 12.8 Å². The number of rotatable bonds is 59. The van der Waals surface area contributed by atoms with Gasteiger partial charge in [0.15, 0.2) is 6.10 Å². The van der Waals surface area contributed by atoms with E-state index in [1.807, 2.05) is 21.1 Å². The van der Waals surface area contributed by atoms with Gasteiger partial charge >= 0.3 is 17.9 Å². The van der Waals surface area contributed by atoms with Crippen molar-refractivity contribution in [2.24, 2.45) is 0 Å². The van der Waals surface area contributed by atoms with E-state index < -0.39 is 24.3 Å². The van der Waals surface area contributed by atoms with Gasteiger partial charge in [-0.15, -0.1) is 0 Å². The number of hydrogen-bond acceptors (Lipinski definition) is 7. The van der Waals surface area contributed by atoms with Crippen molar-refractivity contribution in [3.63, 3.8) is 0 Å². The number of carbonyl (C=O) groups is 3. The molecule has 1 N–H and O–H groups in total. The minimum atomic E-state index is -1.53. The van der Waals surface area contributed by atoms with Crippen molar-refractivity contribution in [3.05, 3.63) is 146 Å².